The number of aryl methyl sites for hydroxylation is 1. The van der Waals surface area contributed by atoms with Gasteiger partial charge in [0.15, 0.2) is 0 Å². The van der Waals surface area contributed by atoms with Crippen LogP contribution in [0.25, 0.3) is 0 Å². The number of benzene rings is 2. The Morgan fingerprint density at radius 3 is 2.39 bits per heavy atom. The molecule has 10 heteroatoms. The molecule has 0 spiro atoms. The summed E-state index contributed by atoms with van der Waals surface area (Å²) in [5.74, 6) is -0.376. The van der Waals surface area contributed by atoms with E-state index in [-0.39, 0.29) is 19.0 Å². The molecule has 0 aromatic heterocycles. The molecule has 1 fully saturated rings. The molecule has 1 saturated heterocycles. The summed E-state index contributed by atoms with van der Waals surface area (Å²) in [6.07, 6.45) is -3.81. The minimum absolute atomic E-state index is 0.0631. The largest absolute Gasteiger partial charge is 0.460 e. The summed E-state index contributed by atoms with van der Waals surface area (Å²) < 4.78 is 35.4. The molecule has 2 aromatic carbocycles. The summed E-state index contributed by atoms with van der Waals surface area (Å²) in [6, 6.07) is 14.9. The minimum atomic E-state index is -4.10. The molecule has 6 atom stereocenters. The Kier molecular flexibility index (Phi) is 8.64. The molecule has 2 aromatic rings. The molecule has 9 nitrogen and oxygen atoms in total. The molecule has 1 aliphatic heterocycles. The second-order valence-electron chi connectivity index (χ2n) is 8.00. The van der Waals surface area contributed by atoms with E-state index in [0.29, 0.717) is 0 Å². The first-order valence-electron chi connectivity index (χ1n) is 10.7. The maximum Gasteiger partial charge on any atom is 0.459 e. The van der Waals surface area contributed by atoms with Crippen LogP contribution in [0.1, 0.15) is 25.0 Å². The number of esters is 1. The molecule has 180 valence electrons. The van der Waals surface area contributed by atoms with E-state index in [2.05, 4.69) is 5.09 Å². The lowest BCUT2D eigenvalue weighted by Crippen LogP contribution is -2.37. The van der Waals surface area contributed by atoms with Crippen LogP contribution in [0.3, 0.4) is 0 Å². The highest BCUT2D eigenvalue weighted by atomic mass is 31.2. The Hall–Kier alpha value is -2.26. The molecule has 1 aliphatic rings. The lowest BCUT2D eigenvalue weighted by molar-refractivity contribution is -0.146. The molecule has 0 aliphatic carbocycles. The monoisotopic (exact) mass is 479 g/mol. The number of hydrogen-bond donors (Lipinski definition) is 3. The van der Waals surface area contributed by atoms with Crippen LogP contribution in [-0.4, -0.2) is 53.2 Å². The van der Waals surface area contributed by atoms with E-state index in [1.807, 2.05) is 37.3 Å². The highest BCUT2D eigenvalue weighted by Gasteiger charge is 2.42. The lowest BCUT2D eigenvalue weighted by atomic mass is 10.1. The van der Waals surface area contributed by atoms with E-state index in [1.165, 1.54) is 6.92 Å². The number of rotatable bonds is 10. The van der Waals surface area contributed by atoms with Gasteiger partial charge in [0.25, 0.3) is 0 Å². The van der Waals surface area contributed by atoms with Gasteiger partial charge in [-0.3, -0.25) is 9.32 Å². The summed E-state index contributed by atoms with van der Waals surface area (Å²) in [5.41, 5.74) is 1.79. The molecule has 3 N–H and O–H groups in total. The Labute approximate surface area is 193 Å². The second-order valence-corrected chi connectivity index (χ2v) is 9.70. The second kappa shape index (κ2) is 11.2. The number of carbonyl (C=O) groups excluding carboxylic acids is 1. The zero-order chi connectivity index (χ0) is 24.0. The number of aliphatic hydroxyl groups excluding tert-OH is 2. The van der Waals surface area contributed by atoms with Crippen LogP contribution in [0, 0.1) is 6.92 Å². The summed E-state index contributed by atoms with van der Waals surface area (Å²) >= 11 is 0. The Morgan fingerprint density at radius 2 is 1.79 bits per heavy atom. The SMILES string of the molecule is Cc1ccc(OP(=O)(NC(C)C(=O)OCc2ccccc2)OCC2OC(C)[C@H](O)[C@@H]2O)cc1. The van der Waals surface area contributed by atoms with Gasteiger partial charge in [-0.2, -0.15) is 5.09 Å². The zero-order valence-corrected chi connectivity index (χ0v) is 19.7. The van der Waals surface area contributed by atoms with Crippen molar-refractivity contribution in [2.75, 3.05) is 6.61 Å². The highest BCUT2D eigenvalue weighted by molar-refractivity contribution is 7.52. The van der Waals surface area contributed by atoms with Crippen molar-refractivity contribution in [2.45, 2.75) is 57.8 Å². The minimum Gasteiger partial charge on any atom is -0.460 e. The van der Waals surface area contributed by atoms with Gasteiger partial charge >= 0.3 is 13.7 Å². The molecule has 33 heavy (non-hydrogen) atoms. The topological polar surface area (TPSA) is 124 Å². The van der Waals surface area contributed by atoms with E-state index < -0.39 is 44.2 Å². The number of aliphatic hydroxyl groups is 2. The van der Waals surface area contributed by atoms with E-state index in [1.54, 1.807) is 31.2 Å². The summed E-state index contributed by atoms with van der Waals surface area (Å²) in [6.45, 7) is 4.72. The standard InChI is InChI=1S/C23H30NO8P/c1-15-9-11-19(12-10-15)32-33(28,30-14-20-22(26)21(25)17(3)31-20)24-16(2)23(27)29-13-18-7-5-4-6-8-18/h4-12,16-17,20-22,25-26H,13-14H2,1-3H3,(H,24,28)/t16?,17?,20?,21-,22+,33?/m0/s1. The molecule has 0 radical (unpaired) electrons. The van der Waals surface area contributed by atoms with Gasteiger partial charge in [-0.05, 0) is 38.5 Å². The van der Waals surface area contributed by atoms with Gasteiger partial charge in [0, 0.05) is 0 Å². The predicted molar refractivity (Wildman–Crippen MR) is 121 cm³/mol. The van der Waals surface area contributed by atoms with E-state index in [0.717, 1.165) is 11.1 Å². The third-order valence-corrected chi connectivity index (χ3v) is 6.83. The molecule has 0 saturated carbocycles. The quantitative estimate of drug-likeness (QED) is 0.349. The lowest BCUT2D eigenvalue weighted by Gasteiger charge is -2.24. The molecular weight excluding hydrogens is 449 g/mol. The molecule has 3 rings (SSSR count). The van der Waals surface area contributed by atoms with Gasteiger partial charge in [0.1, 0.15) is 36.7 Å². The van der Waals surface area contributed by atoms with Crippen molar-refractivity contribution in [3.8, 4) is 5.75 Å². The van der Waals surface area contributed by atoms with E-state index in [4.69, 9.17) is 18.5 Å². The average molecular weight is 479 g/mol. The van der Waals surface area contributed by atoms with Gasteiger partial charge in [-0.25, -0.2) is 4.57 Å². The van der Waals surface area contributed by atoms with Gasteiger partial charge in [0.05, 0.1) is 12.7 Å². The Morgan fingerprint density at radius 1 is 1.12 bits per heavy atom. The van der Waals surface area contributed by atoms with Gasteiger partial charge < -0.3 is 24.2 Å². The van der Waals surface area contributed by atoms with E-state index in [9.17, 15) is 19.6 Å². The number of hydrogen-bond acceptors (Lipinski definition) is 8. The van der Waals surface area contributed by atoms with Crippen molar-refractivity contribution in [3.63, 3.8) is 0 Å². The summed E-state index contributed by atoms with van der Waals surface area (Å²) in [4.78, 5) is 12.5. The van der Waals surface area contributed by atoms with Crippen molar-refractivity contribution in [3.05, 3.63) is 65.7 Å². The van der Waals surface area contributed by atoms with Crippen LogP contribution >= 0.6 is 7.75 Å². The van der Waals surface area contributed by atoms with Crippen molar-refractivity contribution in [2.24, 2.45) is 0 Å². The predicted octanol–water partition coefficient (Wildman–Crippen LogP) is 2.73. The molecular formula is C23H30NO8P. The number of carbonyl (C=O) groups is 1. The maximum absolute atomic E-state index is 13.5. The third kappa shape index (κ3) is 7.11. The first-order valence-corrected chi connectivity index (χ1v) is 12.2. The summed E-state index contributed by atoms with van der Waals surface area (Å²) in [7, 11) is -4.10. The van der Waals surface area contributed by atoms with Gasteiger partial charge in [-0.15, -0.1) is 0 Å². The smallest absolute Gasteiger partial charge is 0.459 e. The average Bonchev–Trinajstić information content (AvgIpc) is 3.05. The van der Waals surface area contributed by atoms with E-state index >= 15 is 0 Å². The van der Waals surface area contributed by atoms with Crippen LogP contribution in [0.5, 0.6) is 5.75 Å². The summed E-state index contributed by atoms with van der Waals surface area (Å²) in [5, 5.41) is 22.6. The van der Waals surface area contributed by atoms with Crippen LogP contribution in [0.4, 0.5) is 0 Å². The van der Waals surface area contributed by atoms with Crippen molar-refractivity contribution in [1.82, 2.24) is 5.09 Å². The normalized spacial score (nSPS) is 25.2. The number of ether oxygens (including phenoxy) is 2. The Balaban J connectivity index is 1.66. The van der Waals surface area contributed by atoms with Crippen molar-refractivity contribution >= 4 is 13.7 Å². The van der Waals surface area contributed by atoms with Gasteiger partial charge in [-0.1, -0.05) is 48.0 Å². The Bertz CT molecular complexity index is 955. The highest BCUT2D eigenvalue weighted by Crippen LogP contribution is 2.45. The fourth-order valence-electron chi connectivity index (χ4n) is 3.22. The fourth-order valence-corrected chi connectivity index (χ4v) is 4.72. The molecule has 0 amide bonds. The van der Waals surface area contributed by atoms with Crippen molar-refractivity contribution in [1.29, 1.82) is 0 Å². The van der Waals surface area contributed by atoms with Crippen LogP contribution < -0.4 is 9.61 Å². The van der Waals surface area contributed by atoms with Crippen LogP contribution in [-0.2, 0) is 30.0 Å². The number of nitrogens with one attached hydrogen (secondary N) is 1. The first kappa shape index (κ1) is 25.4. The first-order chi connectivity index (χ1) is 15.7. The van der Waals surface area contributed by atoms with Crippen molar-refractivity contribution < 1.29 is 38.1 Å². The maximum atomic E-state index is 13.5. The fraction of sp³-hybridized carbons (Fsp3) is 0.435. The molecule has 0 bridgehead atoms. The molecule has 1 heterocycles. The third-order valence-electron chi connectivity index (χ3n) is 5.19. The molecule has 4 unspecified atom stereocenters. The van der Waals surface area contributed by atoms with Gasteiger partial charge in [0.2, 0.25) is 0 Å². The van der Waals surface area contributed by atoms with Crippen LogP contribution in [0.2, 0.25) is 0 Å². The zero-order valence-electron chi connectivity index (χ0n) is 18.8. The van der Waals surface area contributed by atoms with Crippen LogP contribution in [0.15, 0.2) is 54.6 Å².